The van der Waals surface area contributed by atoms with Gasteiger partial charge < -0.3 is 20.5 Å². The highest BCUT2D eigenvalue weighted by Crippen LogP contribution is 2.44. The van der Waals surface area contributed by atoms with E-state index in [-0.39, 0.29) is 24.5 Å². The number of alkyl carbamates (subject to hydrolysis) is 1. The van der Waals surface area contributed by atoms with Crippen LogP contribution in [0.2, 0.25) is 0 Å². The van der Waals surface area contributed by atoms with Crippen molar-refractivity contribution in [3.8, 4) is 33.4 Å². The summed E-state index contributed by atoms with van der Waals surface area (Å²) in [6, 6.07) is 20.4. The van der Waals surface area contributed by atoms with Crippen LogP contribution in [-0.4, -0.2) is 74.7 Å². The third kappa shape index (κ3) is 8.55. The standard InChI is InChI=1S/C38H36N6O5S2/c1-50-36-40-18-26(19-41-36)23-15-24(27-20-42-37(51-2)43-21-27)17-25(16-23)34(45)44-33(35(46)47)13-7-8-14-39-38(48)49-22-32-30-11-5-3-9-28(30)29-10-4-6-12-31(29)32/h3-6,9-12,15-21,32-33H,7-8,13-14,22H2,1-2H3,(H,39,48)(H,44,45)(H,46,47)/t33-/m0/s1. The molecule has 260 valence electrons. The van der Waals surface area contributed by atoms with Crippen LogP contribution in [0.1, 0.15) is 46.7 Å². The summed E-state index contributed by atoms with van der Waals surface area (Å²) in [5.74, 6) is -1.72. The van der Waals surface area contributed by atoms with Crippen molar-refractivity contribution >= 4 is 41.5 Å². The molecule has 0 aliphatic heterocycles. The Labute approximate surface area is 304 Å². The number of amides is 2. The highest BCUT2D eigenvalue weighted by molar-refractivity contribution is 7.98. The van der Waals surface area contributed by atoms with Crippen LogP contribution in [0.5, 0.6) is 0 Å². The van der Waals surface area contributed by atoms with Gasteiger partial charge in [0.2, 0.25) is 0 Å². The Kier molecular flexibility index (Phi) is 11.6. The molecule has 6 rings (SSSR count). The summed E-state index contributed by atoms with van der Waals surface area (Å²) in [6.07, 6.45) is 11.1. The third-order valence-electron chi connectivity index (χ3n) is 8.62. The zero-order valence-electron chi connectivity index (χ0n) is 28.0. The fraction of sp³-hybridized carbons (Fsp3) is 0.237. The lowest BCUT2D eigenvalue weighted by Gasteiger charge is -2.16. The minimum Gasteiger partial charge on any atom is -0.480 e. The molecule has 0 radical (unpaired) electrons. The van der Waals surface area contributed by atoms with E-state index in [9.17, 15) is 19.5 Å². The molecular formula is C38H36N6O5S2. The molecule has 13 heteroatoms. The van der Waals surface area contributed by atoms with Gasteiger partial charge in [0, 0.05) is 53.9 Å². The molecule has 2 aromatic heterocycles. The lowest BCUT2D eigenvalue weighted by Crippen LogP contribution is -2.40. The fourth-order valence-corrected chi connectivity index (χ4v) is 6.68. The van der Waals surface area contributed by atoms with Gasteiger partial charge in [-0.1, -0.05) is 72.1 Å². The number of unbranched alkanes of at least 4 members (excludes halogenated alkanes) is 1. The van der Waals surface area contributed by atoms with Crippen molar-refractivity contribution in [1.29, 1.82) is 0 Å². The molecule has 1 aliphatic rings. The Bertz CT molecular complexity index is 1920. The molecule has 2 amide bonds. The first-order chi connectivity index (χ1) is 24.8. The Morgan fingerprint density at radius 2 is 1.29 bits per heavy atom. The highest BCUT2D eigenvalue weighted by atomic mass is 32.2. The maximum Gasteiger partial charge on any atom is 0.407 e. The maximum absolute atomic E-state index is 13.5. The Hall–Kier alpha value is -5.27. The largest absolute Gasteiger partial charge is 0.480 e. The average molecular weight is 721 g/mol. The fourth-order valence-electron chi connectivity index (χ4n) is 6.05. The number of carboxylic acid groups (broad SMARTS) is 1. The van der Waals surface area contributed by atoms with E-state index in [0.717, 1.165) is 22.3 Å². The number of thioether (sulfide) groups is 2. The highest BCUT2D eigenvalue weighted by Gasteiger charge is 2.29. The summed E-state index contributed by atoms with van der Waals surface area (Å²) in [6.45, 7) is 0.513. The predicted octanol–water partition coefficient (Wildman–Crippen LogP) is 6.94. The zero-order chi connectivity index (χ0) is 35.7. The minimum absolute atomic E-state index is 0.0389. The van der Waals surface area contributed by atoms with Gasteiger partial charge >= 0.3 is 12.1 Å². The van der Waals surface area contributed by atoms with Gasteiger partial charge in [-0.05, 0) is 83.4 Å². The van der Waals surface area contributed by atoms with Gasteiger partial charge in [-0.2, -0.15) is 0 Å². The number of carboxylic acids is 1. The van der Waals surface area contributed by atoms with E-state index >= 15 is 0 Å². The molecule has 11 nitrogen and oxygen atoms in total. The SMILES string of the molecule is CSc1ncc(-c2cc(C(=O)N[C@@H](CCCCNC(=O)OCC3c4ccccc4-c4ccccc43)C(=O)O)cc(-c3cnc(SC)nc3)c2)cn1. The Balaban J connectivity index is 1.04. The number of ether oxygens (including phenoxy) is 1. The van der Waals surface area contributed by atoms with Gasteiger partial charge in [-0.25, -0.2) is 29.5 Å². The van der Waals surface area contributed by atoms with Crippen molar-refractivity contribution in [2.24, 2.45) is 0 Å². The van der Waals surface area contributed by atoms with Crippen LogP contribution in [-0.2, 0) is 9.53 Å². The first-order valence-corrected chi connectivity index (χ1v) is 18.8. The van der Waals surface area contributed by atoms with E-state index in [0.29, 0.717) is 52.0 Å². The van der Waals surface area contributed by atoms with Gasteiger partial charge in [0.1, 0.15) is 12.6 Å². The second-order valence-electron chi connectivity index (χ2n) is 11.8. The first kappa shape index (κ1) is 35.6. The van der Waals surface area contributed by atoms with Crippen molar-refractivity contribution in [3.05, 3.63) is 108 Å². The van der Waals surface area contributed by atoms with E-state index in [1.54, 1.807) is 36.9 Å². The van der Waals surface area contributed by atoms with E-state index in [4.69, 9.17) is 4.74 Å². The molecule has 51 heavy (non-hydrogen) atoms. The van der Waals surface area contributed by atoms with Crippen molar-refractivity contribution < 1.29 is 24.2 Å². The number of benzene rings is 3. The van der Waals surface area contributed by atoms with Crippen LogP contribution in [0.3, 0.4) is 0 Å². The number of carbonyl (C=O) groups is 3. The summed E-state index contributed by atoms with van der Waals surface area (Å²) >= 11 is 2.84. The second-order valence-corrected chi connectivity index (χ2v) is 13.4. The normalized spacial score (nSPS) is 12.4. The summed E-state index contributed by atoms with van der Waals surface area (Å²) in [5.41, 5.74) is 7.61. The monoisotopic (exact) mass is 720 g/mol. The van der Waals surface area contributed by atoms with Gasteiger partial charge in [0.05, 0.1) is 0 Å². The topological polar surface area (TPSA) is 156 Å². The van der Waals surface area contributed by atoms with E-state index in [1.165, 1.54) is 23.5 Å². The van der Waals surface area contributed by atoms with Crippen LogP contribution in [0.25, 0.3) is 33.4 Å². The number of rotatable bonds is 14. The number of hydrogen-bond acceptors (Lipinski definition) is 10. The van der Waals surface area contributed by atoms with Crippen LogP contribution in [0, 0.1) is 0 Å². The smallest absolute Gasteiger partial charge is 0.407 e. The van der Waals surface area contributed by atoms with Gasteiger partial charge in [-0.15, -0.1) is 0 Å². The van der Waals surface area contributed by atoms with Crippen molar-refractivity contribution in [2.75, 3.05) is 25.7 Å². The van der Waals surface area contributed by atoms with E-state index in [1.807, 2.05) is 42.8 Å². The number of hydrogen-bond donors (Lipinski definition) is 3. The van der Waals surface area contributed by atoms with Crippen LogP contribution in [0.4, 0.5) is 4.79 Å². The van der Waals surface area contributed by atoms with Crippen molar-refractivity contribution in [3.63, 3.8) is 0 Å². The molecule has 0 bridgehead atoms. The van der Waals surface area contributed by atoms with Crippen molar-refractivity contribution in [2.45, 2.75) is 41.5 Å². The van der Waals surface area contributed by atoms with E-state index < -0.39 is 24.0 Å². The molecule has 2 heterocycles. The summed E-state index contributed by atoms with van der Waals surface area (Å²) in [4.78, 5) is 55.7. The second kappa shape index (κ2) is 16.6. The minimum atomic E-state index is -1.15. The van der Waals surface area contributed by atoms with Gasteiger partial charge in [0.25, 0.3) is 5.91 Å². The van der Waals surface area contributed by atoms with Gasteiger partial charge in [0.15, 0.2) is 10.3 Å². The molecule has 0 fully saturated rings. The average Bonchev–Trinajstić information content (AvgIpc) is 3.49. The zero-order valence-corrected chi connectivity index (χ0v) is 29.7. The number of aromatic nitrogens is 4. The van der Waals surface area contributed by atoms with Crippen LogP contribution >= 0.6 is 23.5 Å². The van der Waals surface area contributed by atoms with Crippen molar-refractivity contribution in [1.82, 2.24) is 30.6 Å². The summed E-state index contributed by atoms with van der Waals surface area (Å²) in [7, 11) is 0. The predicted molar refractivity (Wildman–Crippen MR) is 198 cm³/mol. The molecule has 3 N–H and O–H groups in total. The maximum atomic E-state index is 13.5. The molecule has 0 saturated carbocycles. The molecule has 0 unspecified atom stereocenters. The molecule has 1 aliphatic carbocycles. The molecule has 0 spiro atoms. The van der Waals surface area contributed by atoms with Crippen LogP contribution < -0.4 is 10.6 Å². The quantitative estimate of drug-likeness (QED) is 0.0621. The summed E-state index contributed by atoms with van der Waals surface area (Å²) < 4.78 is 5.59. The molecular weight excluding hydrogens is 685 g/mol. The molecule has 3 aromatic carbocycles. The van der Waals surface area contributed by atoms with E-state index in [2.05, 4.69) is 54.8 Å². The molecule has 5 aromatic rings. The number of carbonyl (C=O) groups excluding carboxylic acids is 2. The number of fused-ring (bicyclic) bond motifs is 3. The number of aliphatic carboxylic acids is 1. The Morgan fingerprint density at radius 3 is 1.80 bits per heavy atom. The molecule has 1 atom stereocenters. The lowest BCUT2D eigenvalue weighted by atomic mass is 9.98. The third-order valence-corrected chi connectivity index (χ3v) is 9.77. The first-order valence-electron chi connectivity index (χ1n) is 16.3. The summed E-state index contributed by atoms with van der Waals surface area (Å²) in [5, 5.41) is 16.6. The van der Waals surface area contributed by atoms with Crippen LogP contribution in [0.15, 0.2) is 102 Å². The molecule has 0 saturated heterocycles. The number of nitrogens with zero attached hydrogens (tertiary/aromatic N) is 4. The number of nitrogens with one attached hydrogen (secondary N) is 2. The lowest BCUT2D eigenvalue weighted by molar-refractivity contribution is -0.139. The van der Waals surface area contributed by atoms with Gasteiger partial charge in [-0.3, -0.25) is 4.79 Å². The Morgan fingerprint density at radius 1 is 0.765 bits per heavy atom.